The Morgan fingerprint density at radius 2 is 1.81 bits per heavy atom. The van der Waals surface area contributed by atoms with Crippen molar-refractivity contribution in [3.8, 4) is 0 Å². The summed E-state index contributed by atoms with van der Waals surface area (Å²) >= 11 is 5.98. The third-order valence-electron chi connectivity index (χ3n) is 4.11. The number of unbranched alkanes of at least 4 members (excludes halogenated alkanes) is 2. The Bertz CT molecular complexity index is 813. The van der Waals surface area contributed by atoms with E-state index in [0.29, 0.717) is 23.2 Å². The van der Waals surface area contributed by atoms with Crippen molar-refractivity contribution >= 4 is 35.2 Å². The van der Waals surface area contributed by atoms with Gasteiger partial charge in [-0.3, -0.25) is 9.79 Å². The van der Waals surface area contributed by atoms with Crippen molar-refractivity contribution in [1.29, 1.82) is 0 Å². The van der Waals surface area contributed by atoms with Crippen LogP contribution in [0, 0.1) is 0 Å². The van der Waals surface area contributed by atoms with Crippen molar-refractivity contribution in [2.24, 2.45) is 4.99 Å². The monoisotopic (exact) mass is 367 g/mol. The quantitative estimate of drug-likeness (QED) is 0.585. The number of carbonyl (C=O) groups is 1. The van der Waals surface area contributed by atoms with E-state index >= 15 is 0 Å². The zero-order chi connectivity index (χ0) is 18.4. The number of nitrogens with zero attached hydrogens (tertiary/aromatic N) is 2. The van der Waals surface area contributed by atoms with Crippen LogP contribution in [0.15, 0.2) is 65.3 Å². The van der Waals surface area contributed by atoms with Gasteiger partial charge >= 0.3 is 0 Å². The predicted octanol–water partition coefficient (Wildman–Crippen LogP) is 4.86. The van der Waals surface area contributed by atoms with Crippen LogP contribution in [0.1, 0.15) is 31.7 Å². The van der Waals surface area contributed by atoms with Crippen LogP contribution in [0.25, 0.3) is 6.08 Å². The number of aliphatic imine (C=N–C) groups is 1. The van der Waals surface area contributed by atoms with Gasteiger partial charge in [-0.1, -0.05) is 61.7 Å². The number of halogens is 1. The summed E-state index contributed by atoms with van der Waals surface area (Å²) in [6, 6.07) is 17.0. The molecule has 1 saturated heterocycles. The molecule has 1 amide bonds. The number of rotatable bonds is 6. The predicted molar refractivity (Wildman–Crippen MR) is 108 cm³/mol. The van der Waals surface area contributed by atoms with Crippen LogP contribution in [0.4, 0.5) is 5.69 Å². The third kappa shape index (κ3) is 4.33. The minimum absolute atomic E-state index is 0.120. The number of guanidine groups is 1. The number of carbonyl (C=O) groups excluding carboxylic acids is 1. The lowest BCUT2D eigenvalue weighted by atomic mass is 10.2. The number of nitrogens with one attached hydrogen (secondary N) is 1. The van der Waals surface area contributed by atoms with Crippen molar-refractivity contribution in [3.63, 3.8) is 0 Å². The molecule has 1 fully saturated rings. The molecular weight excluding hydrogens is 346 g/mol. The summed E-state index contributed by atoms with van der Waals surface area (Å²) < 4.78 is 0. The second-order valence-corrected chi connectivity index (χ2v) is 6.56. The highest BCUT2D eigenvalue weighted by atomic mass is 35.5. The Morgan fingerprint density at radius 1 is 1.08 bits per heavy atom. The van der Waals surface area contributed by atoms with Gasteiger partial charge in [0, 0.05) is 11.6 Å². The number of hydrogen-bond donors (Lipinski definition) is 1. The molecule has 1 aliphatic rings. The molecule has 26 heavy (non-hydrogen) atoms. The fraction of sp³-hybridized carbons (Fsp3) is 0.238. The summed E-state index contributed by atoms with van der Waals surface area (Å²) in [5.41, 5.74) is 2.23. The summed E-state index contributed by atoms with van der Waals surface area (Å²) in [5.74, 6) is 0.445. The minimum Gasteiger partial charge on any atom is -0.321 e. The molecule has 0 bridgehead atoms. The Hall–Kier alpha value is -2.59. The molecule has 0 spiro atoms. The second kappa shape index (κ2) is 8.68. The smallest absolute Gasteiger partial charge is 0.281 e. The van der Waals surface area contributed by atoms with Gasteiger partial charge in [-0.05, 0) is 42.3 Å². The molecule has 1 aliphatic heterocycles. The molecule has 0 saturated carbocycles. The van der Waals surface area contributed by atoms with Crippen molar-refractivity contribution in [2.45, 2.75) is 26.2 Å². The number of benzene rings is 2. The average Bonchev–Trinajstić information content (AvgIpc) is 2.96. The number of amides is 1. The van der Waals surface area contributed by atoms with Crippen molar-refractivity contribution in [2.75, 3.05) is 11.4 Å². The van der Waals surface area contributed by atoms with Crippen molar-refractivity contribution in [3.05, 3.63) is 70.9 Å². The second-order valence-electron chi connectivity index (χ2n) is 6.12. The zero-order valence-electron chi connectivity index (χ0n) is 14.8. The maximum absolute atomic E-state index is 13.0. The Balaban J connectivity index is 1.91. The van der Waals surface area contributed by atoms with E-state index in [0.717, 1.165) is 30.5 Å². The lowest BCUT2D eigenvalue weighted by molar-refractivity contribution is -0.113. The maximum atomic E-state index is 13.0. The normalized spacial score (nSPS) is 17.2. The van der Waals surface area contributed by atoms with Gasteiger partial charge in [0.25, 0.3) is 5.91 Å². The lowest BCUT2D eigenvalue weighted by Gasteiger charge is -2.15. The van der Waals surface area contributed by atoms with E-state index in [4.69, 9.17) is 11.6 Å². The first kappa shape index (κ1) is 18.2. The molecule has 4 nitrogen and oxygen atoms in total. The van der Waals surface area contributed by atoms with E-state index in [9.17, 15) is 4.79 Å². The molecule has 2 aromatic rings. The highest BCUT2D eigenvalue weighted by Crippen LogP contribution is 2.24. The molecule has 3 rings (SSSR count). The highest BCUT2D eigenvalue weighted by Gasteiger charge is 2.33. The van der Waals surface area contributed by atoms with Gasteiger partial charge in [0.1, 0.15) is 5.70 Å². The third-order valence-corrected chi connectivity index (χ3v) is 4.36. The Morgan fingerprint density at radius 3 is 2.50 bits per heavy atom. The van der Waals surface area contributed by atoms with Gasteiger partial charge in [-0.25, -0.2) is 4.90 Å². The summed E-state index contributed by atoms with van der Waals surface area (Å²) in [7, 11) is 0. The summed E-state index contributed by atoms with van der Waals surface area (Å²) in [5, 5.41) is 3.82. The molecule has 134 valence electrons. The summed E-state index contributed by atoms with van der Waals surface area (Å²) in [4.78, 5) is 19.2. The Kier molecular flexibility index (Phi) is 6.08. The zero-order valence-corrected chi connectivity index (χ0v) is 15.5. The molecule has 0 radical (unpaired) electrons. The molecular formula is C21H22ClN3O. The minimum atomic E-state index is -0.120. The summed E-state index contributed by atoms with van der Waals surface area (Å²) in [6.07, 6.45) is 5.11. The molecule has 1 heterocycles. The first-order valence-electron chi connectivity index (χ1n) is 8.87. The van der Waals surface area contributed by atoms with E-state index in [1.165, 1.54) is 0 Å². The fourth-order valence-electron chi connectivity index (χ4n) is 2.75. The maximum Gasteiger partial charge on any atom is 0.281 e. The highest BCUT2D eigenvalue weighted by molar-refractivity contribution is 6.31. The largest absolute Gasteiger partial charge is 0.321 e. The van der Waals surface area contributed by atoms with Gasteiger partial charge in [-0.2, -0.15) is 0 Å². The van der Waals surface area contributed by atoms with Crippen molar-refractivity contribution < 1.29 is 4.79 Å². The van der Waals surface area contributed by atoms with Crippen LogP contribution < -0.4 is 10.2 Å². The van der Waals surface area contributed by atoms with E-state index in [1.54, 1.807) is 17.0 Å². The Labute approximate surface area is 159 Å². The van der Waals surface area contributed by atoms with Gasteiger partial charge in [0.2, 0.25) is 5.96 Å². The standard InChI is InChI=1S/C21H22ClN3O/c1-2-3-7-14-23-21-24-19(15-16-8-5-4-6-9-16)20(26)25(21)18-12-10-17(22)11-13-18/h4-6,8-13,15H,2-3,7,14H2,1H3,(H,23,24)/b19-15+. The van der Waals surface area contributed by atoms with Crippen LogP contribution in [0.3, 0.4) is 0 Å². The number of anilines is 1. The summed E-state index contributed by atoms with van der Waals surface area (Å²) in [6.45, 7) is 2.84. The van der Waals surface area contributed by atoms with E-state index in [1.807, 2.05) is 48.5 Å². The molecule has 5 heteroatoms. The van der Waals surface area contributed by atoms with Crippen molar-refractivity contribution in [1.82, 2.24) is 5.32 Å². The van der Waals surface area contributed by atoms with E-state index < -0.39 is 0 Å². The number of hydrogen-bond acceptors (Lipinski definition) is 2. The molecule has 0 atom stereocenters. The van der Waals surface area contributed by atoms with Gasteiger partial charge in [0.15, 0.2) is 0 Å². The van der Waals surface area contributed by atoms with Crippen LogP contribution in [-0.4, -0.2) is 18.4 Å². The topological polar surface area (TPSA) is 44.7 Å². The molecule has 1 N–H and O–H groups in total. The van der Waals surface area contributed by atoms with Crippen LogP contribution in [0.5, 0.6) is 0 Å². The first-order chi connectivity index (χ1) is 12.7. The molecule has 0 aromatic heterocycles. The first-order valence-corrected chi connectivity index (χ1v) is 9.25. The fourth-order valence-corrected chi connectivity index (χ4v) is 2.87. The van der Waals surface area contributed by atoms with Crippen LogP contribution in [0.2, 0.25) is 5.02 Å². The molecule has 0 unspecified atom stereocenters. The lowest BCUT2D eigenvalue weighted by Crippen LogP contribution is -2.32. The van der Waals surface area contributed by atoms with Gasteiger partial charge < -0.3 is 5.32 Å². The molecule has 0 aliphatic carbocycles. The van der Waals surface area contributed by atoms with Gasteiger partial charge in [0.05, 0.1) is 5.69 Å². The van der Waals surface area contributed by atoms with Crippen LogP contribution >= 0.6 is 11.6 Å². The van der Waals surface area contributed by atoms with Gasteiger partial charge in [-0.15, -0.1) is 0 Å². The van der Waals surface area contributed by atoms with Crippen LogP contribution in [-0.2, 0) is 4.79 Å². The average molecular weight is 368 g/mol. The van der Waals surface area contributed by atoms with E-state index in [2.05, 4.69) is 17.2 Å². The SMILES string of the molecule is CCCCCN=C1N/C(=C/c2ccccc2)C(=O)N1c1ccc(Cl)cc1. The van der Waals surface area contributed by atoms with E-state index in [-0.39, 0.29) is 5.91 Å². The molecule has 2 aromatic carbocycles.